The van der Waals surface area contributed by atoms with Crippen LogP contribution < -0.4 is 5.32 Å². The number of carbonyl (C=O) groups excluding carboxylic acids is 1. The Kier molecular flexibility index (Phi) is 5.50. The molecular formula is C21H20FN3O4S. The number of hydrogen-bond acceptors (Lipinski definition) is 5. The highest BCUT2D eigenvalue weighted by Gasteiger charge is 2.26. The van der Waals surface area contributed by atoms with Crippen LogP contribution in [0.15, 0.2) is 53.4 Å². The van der Waals surface area contributed by atoms with Gasteiger partial charge in [-0.15, -0.1) is 0 Å². The number of anilines is 1. The number of aryl methyl sites for hydroxylation is 1. The molecule has 3 aromatic rings. The van der Waals surface area contributed by atoms with Crippen LogP contribution in [0.25, 0.3) is 10.9 Å². The van der Waals surface area contributed by atoms with E-state index in [9.17, 15) is 17.6 Å². The smallest absolute Gasteiger partial charge is 0.256 e. The summed E-state index contributed by atoms with van der Waals surface area (Å²) < 4.78 is 45.7. The van der Waals surface area contributed by atoms with Gasteiger partial charge < -0.3 is 10.1 Å². The topological polar surface area (TPSA) is 88.6 Å². The number of nitrogens with zero attached hydrogens (tertiary/aromatic N) is 2. The molecule has 0 atom stereocenters. The zero-order chi connectivity index (χ0) is 21.3. The molecule has 1 N–H and O–H groups in total. The zero-order valence-corrected chi connectivity index (χ0v) is 17.1. The monoisotopic (exact) mass is 429 g/mol. The van der Waals surface area contributed by atoms with Gasteiger partial charge in [0.25, 0.3) is 5.91 Å². The van der Waals surface area contributed by atoms with Crippen molar-refractivity contribution in [2.75, 3.05) is 31.6 Å². The number of pyridine rings is 1. The van der Waals surface area contributed by atoms with Gasteiger partial charge in [-0.05, 0) is 55.5 Å². The molecule has 1 aromatic heterocycles. The molecule has 0 bridgehead atoms. The number of halogens is 1. The second-order valence-electron chi connectivity index (χ2n) is 6.97. The van der Waals surface area contributed by atoms with Crippen molar-refractivity contribution in [1.29, 1.82) is 0 Å². The largest absolute Gasteiger partial charge is 0.379 e. The van der Waals surface area contributed by atoms with Crippen LogP contribution in [-0.2, 0) is 14.8 Å². The van der Waals surface area contributed by atoms with Crippen molar-refractivity contribution in [2.24, 2.45) is 0 Å². The van der Waals surface area contributed by atoms with Crippen LogP contribution in [0, 0.1) is 12.7 Å². The highest BCUT2D eigenvalue weighted by atomic mass is 32.2. The predicted molar refractivity (Wildman–Crippen MR) is 110 cm³/mol. The Morgan fingerprint density at radius 1 is 1.10 bits per heavy atom. The molecule has 1 fully saturated rings. The van der Waals surface area contributed by atoms with Gasteiger partial charge in [0, 0.05) is 29.9 Å². The average Bonchev–Trinajstić information content (AvgIpc) is 2.74. The normalized spacial score (nSPS) is 15.3. The molecule has 0 spiro atoms. The van der Waals surface area contributed by atoms with Gasteiger partial charge in [-0.2, -0.15) is 4.31 Å². The average molecular weight is 429 g/mol. The van der Waals surface area contributed by atoms with Gasteiger partial charge >= 0.3 is 0 Å². The minimum Gasteiger partial charge on any atom is -0.379 e. The quantitative estimate of drug-likeness (QED) is 0.689. The van der Waals surface area contributed by atoms with Crippen molar-refractivity contribution in [2.45, 2.75) is 11.8 Å². The summed E-state index contributed by atoms with van der Waals surface area (Å²) in [5.41, 5.74) is 1.88. The van der Waals surface area contributed by atoms with E-state index in [1.165, 1.54) is 46.8 Å². The maximum atomic E-state index is 13.7. The first kappa shape index (κ1) is 20.4. The SMILES string of the molecule is Cc1cc(C(=O)Nc2ccc(S(=O)(=O)N3CCOCC3)cc2)c2cc(F)ccc2n1. The van der Waals surface area contributed by atoms with Gasteiger partial charge in [-0.25, -0.2) is 12.8 Å². The van der Waals surface area contributed by atoms with E-state index in [1.807, 2.05) is 0 Å². The highest BCUT2D eigenvalue weighted by molar-refractivity contribution is 7.89. The van der Waals surface area contributed by atoms with Crippen LogP contribution in [0.1, 0.15) is 16.1 Å². The lowest BCUT2D eigenvalue weighted by atomic mass is 10.1. The van der Waals surface area contributed by atoms with Gasteiger partial charge in [-0.1, -0.05) is 0 Å². The molecule has 0 saturated carbocycles. The van der Waals surface area contributed by atoms with E-state index in [-0.39, 0.29) is 4.90 Å². The number of hydrogen-bond donors (Lipinski definition) is 1. The number of amides is 1. The summed E-state index contributed by atoms with van der Waals surface area (Å²) in [6, 6.07) is 11.7. The number of benzene rings is 2. The molecule has 4 rings (SSSR count). The molecule has 7 nitrogen and oxygen atoms in total. The molecule has 2 heterocycles. The molecule has 0 aliphatic carbocycles. The lowest BCUT2D eigenvalue weighted by Crippen LogP contribution is -2.40. The van der Waals surface area contributed by atoms with E-state index in [1.54, 1.807) is 13.0 Å². The van der Waals surface area contributed by atoms with E-state index < -0.39 is 21.7 Å². The van der Waals surface area contributed by atoms with Gasteiger partial charge in [0.15, 0.2) is 0 Å². The number of nitrogens with one attached hydrogen (secondary N) is 1. The highest BCUT2D eigenvalue weighted by Crippen LogP contribution is 2.23. The number of carbonyl (C=O) groups is 1. The molecule has 1 saturated heterocycles. The zero-order valence-electron chi connectivity index (χ0n) is 16.3. The minimum absolute atomic E-state index is 0.148. The summed E-state index contributed by atoms with van der Waals surface area (Å²) in [6.07, 6.45) is 0. The fourth-order valence-corrected chi connectivity index (χ4v) is 4.77. The lowest BCUT2D eigenvalue weighted by Gasteiger charge is -2.26. The fraction of sp³-hybridized carbons (Fsp3) is 0.238. The van der Waals surface area contributed by atoms with Crippen LogP contribution >= 0.6 is 0 Å². The summed E-state index contributed by atoms with van der Waals surface area (Å²) in [5.74, 6) is -0.889. The Hall–Kier alpha value is -2.88. The Morgan fingerprint density at radius 3 is 2.50 bits per heavy atom. The van der Waals surface area contributed by atoms with E-state index in [0.717, 1.165) is 0 Å². The molecular weight excluding hydrogens is 409 g/mol. The summed E-state index contributed by atoms with van der Waals surface area (Å²) in [4.78, 5) is 17.3. The van der Waals surface area contributed by atoms with E-state index >= 15 is 0 Å². The molecule has 0 unspecified atom stereocenters. The minimum atomic E-state index is -3.61. The Morgan fingerprint density at radius 2 is 1.80 bits per heavy atom. The Labute approximate surface area is 173 Å². The third-order valence-corrected chi connectivity index (χ3v) is 6.78. The first-order valence-electron chi connectivity index (χ1n) is 9.41. The van der Waals surface area contributed by atoms with Crippen molar-refractivity contribution in [3.05, 3.63) is 65.6 Å². The molecule has 9 heteroatoms. The predicted octanol–water partition coefficient (Wildman–Crippen LogP) is 2.96. The van der Waals surface area contributed by atoms with Crippen LogP contribution in [0.5, 0.6) is 0 Å². The molecule has 2 aromatic carbocycles. The fourth-order valence-electron chi connectivity index (χ4n) is 3.36. The number of rotatable bonds is 4. The number of ether oxygens (including phenoxy) is 1. The molecule has 156 valence electrons. The summed E-state index contributed by atoms with van der Waals surface area (Å²) in [7, 11) is -3.61. The van der Waals surface area contributed by atoms with Crippen molar-refractivity contribution < 1.29 is 22.3 Å². The van der Waals surface area contributed by atoms with E-state index in [2.05, 4.69) is 10.3 Å². The summed E-state index contributed by atoms with van der Waals surface area (Å²) in [6.45, 7) is 3.11. The van der Waals surface area contributed by atoms with Crippen LogP contribution in [-0.4, -0.2) is 49.9 Å². The van der Waals surface area contributed by atoms with Gasteiger partial charge in [0.2, 0.25) is 10.0 Å². The van der Waals surface area contributed by atoms with Gasteiger partial charge in [0.05, 0.1) is 29.2 Å². The Balaban J connectivity index is 1.57. The molecule has 0 radical (unpaired) electrons. The molecule has 1 aliphatic rings. The van der Waals surface area contributed by atoms with Crippen molar-refractivity contribution in [1.82, 2.24) is 9.29 Å². The van der Waals surface area contributed by atoms with Crippen molar-refractivity contribution >= 4 is 32.5 Å². The second kappa shape index (κ2) is 8.10. The third kappa shape index (κ3) is 4.04. The maximum Gasteiger partial charge on any atom is 0.256 e. The van der Waals surface area contributed by atoms with Crippen LogP contribution in [0.3, 0.4) is 0 Å². The first-order valence-corrected chi connectivity index (χ1v) is 10.8. The maximum absolute atomic E-state index is 13.7. The second-order valence-corrected chi connectivity index (χ2v) is 8.91. The summed E-state index contributed by atoms with van der Waals surface area (Å²) >= 11 is 0. The molecule has 1 aliphatic heterocycles. The lowest BCUT2D eigenvalue weighted by molar-refractivity contribution is 0.0730. The van der Waals surface area contributed by atoms with Crippen molar-refractivity contribution in [3.63, 3.8) is 0 Å². The molecule has 30 heavy (non-hydrogen) atoms. The van der Waals surface area contributed by atoms with E-state index in [0.29, 0.717) is 54.2 Å². The number of fused-ring (bicyclic) bond motifs is 1. The van der Waals surface area contributed by atoms with E-state index in [4.69, 9.17) is 4.74 Å². The van der Waals surface area contributed by atoms with Crippen LogP contribution in [0.2, 0.25) is 0 Å². The van der Waals surface area contributed by atoms with Crippen molar-refractivity contribution in [3.8, 4) is 0 Å². The molecule has 1 amide bonds. The van der Waals surface area contributed by atoms with Gasteiger partial charge in [0.1, 0.15) is 5.82 Å². The van der Waals surface area contributed by atoms with Gasteiger partial charge in [-0.3, -0.25) is 9.78 Å². The number of aromatic nitrogens is 1. The van der Waals surface area contributed by atoms with Crippen LogP contribution in [0.4, 0.5) is 10.1 Å². The summed E-state index contributed by atoms with van der Waals surface area (Å²) in [5, 5.41) is 3.14. The third-order valence-electron chi connectivity index (χ3n) is 4.86. The first-order chi connectivity index (χ1) is 14.3. The number of morpholine rings is 1. The number of sulfonamides is 1. The Bertz CT molecular complexity index is 1210. The standard InChI is InChI=1S/C21H20FN3O4S/c1-14-12-19(18-13-15(22)2-7-20(18)23-14)21(26)24-16-3-5-17(6-4-16)30(27,28)25-8-10-29-11-9-25/h2-7,12-13H,8-11H2,1H3,(H,24,26).